The van der Waals surface area contributed by atoms with Crippen LogP contribution in [0.2, 0.25) is 0 Å². The monoisotopic (exact) mass is 521 g/mol. The third kappa shape index (κ3) is 5.72. The Labute approximate surface area is 219 Å². The van der Waals surface area contributed by atoms with Gasteiger partial charge in [-0.3, -0.25) is 9.59 Å². The summed E-state index contributed by atoms with van der Waals surface area (Å²) in [5.41, 5.74) is 1.79. The molecule has 11 nitrogen and oxygen atoms in total. The van der Waals surface area contributed by atoms with Crippen molar-refractivity contribution >= 4 is 5.97 Å². The number of aryl methyl sites for hydroxylation is 3. The second kappa shape index (κ2) is 11.7. The molecule has 0 spiro atoms. The number of hydrogen-bond acceptors (Lipinski definition) is 8. The van der Waals surface area contributed by atoms with Crippen LogP contribution in [0.1, 0.15) is 40.7 Å². The number of carbonyl (C=O) groups excluding carboxylic acids is 1. The first kappa shape index (κ1) is 26.5. The number of pyridine rings is 1. The predicted molar refractivity (Wildman–Crippen MR) is 138 cm³/mol. The van der Waals surface area contributed by atoms with Crippen molar-refractivity contribution in [1.29, 1.82) is 0 Å². The standard InChI is InChI=1S/C27H31N5O6/c1-17-11-21(33)26(27(35)32(17)9-7-19-14-28-16-30-19)20(13-25(34)37-4)18-5-6-22(23(12-18)36-3)38-15-24-29-8-10-31(24)2/h5-6,8,10-12,14,16,20,33H,7,9,13,15H2,1-4H3,(H,28,30)/t20-/m1/s1. The largest absolute Gasteiger partial charge is 0.507 e. The van der Waals surface area contributed by atoms with Gasteiger partial charge < -0.3 is 33.4 Å². The van der Waals surface area contributed by atoms with Crippen molar-refractivity contribution in [3.8, 4) is 17.2 Å². The summed E-state index contributed by atoms with van der Waals surface area (Å²) in [5.74, 6) is 0.131. The molecule has 11 heteroatoms. The summed E-state index contributed by atoms with van der Waals surface area (Å²) in [4.78, 5) is 37.4. The molecular formula is C27H31N5O6. The molecular weight excluding hydrogens is 490 g/mol. The molecule has 3 heterocycles. The highest BCUT2D eigenvalue weighted by atomic mass is 16.5. The summed E-state index contributed by atoms with van der Waals surface area (Å²) in [5, 5.41) is 10.9. The van der Waals surface area contributed by atoms with Crippen LogP contribution in [0.5, 0.6) is 17.2 Å². The molecule has 0 amide bonds. The lowest BCUT2D eigenvalue weighted by Gasteiger charge is -2.21. The lowest BCUT2D eigenvalue weighted by Crippen LogP contribution is -2.29. The topological polar surface area (TPSA) is 133 Å². The van der Waals surface area contributed by atoms with Crippen LogP contribution in [0.15, 0.2) is 54.0 Å². The van der Waals surface area contributed by atoms with Gasteiger partial charge in [0.15, 0.2) is 11.5 Å². The molecule has 2 N–H and O–H groups in total. The Morgan fingerprint density at radius 1 is 1.21 bits per heavy atom. The van der Waals surface area contributed by atoms with Gasteiger partial charge in [0.1, 0.15) is 18.2 Å². The molecule has 38 heavy (non-hydrogen) atoms. The molecule has 0 unspecified atom stereocenters. The van der Waals surface area contributed by atoms with E-state index in [0.717, 1.165) is 11.5 Å². The minimum absolute atomic E-state index is 0.106. The summed E-state index contributed by atoms with van der Waals surface area (Å²) in [6.07, 6.45) is 7.18. The normalized spacial score (nSPS) is 11.8. The Kier molecular flexibility index (Phi) is 8.15. The van der Waals surface area contributed by atoms with Crippen molar-refractivity contribution < 1.29 is 24.1 Å². The number of hydrogen-bond donors (Lipinski definition) is 2. The van der Waals surface area contributed by atoms with E-state index in [1.54, 1.807) is 48.4 Å². The van der Waals surface area contributed by atoms with Gasteiger partial charge in [0.05, 0.1) is 32.5 Å². The number of aromatic hydroxyl groups is 1. The Morgan fingerprint density at radius 2 is 2.03 bits per heavy atom. The van der Waals surface area contributed by atoms with Gasteiger partial charge in [0.25, 0.3) is 5.56 Å². The molecule has 200 valence electrons. The van der Waals surface area contributed by atoms with Gasteiger partial charge in [-0.2, -0.15) is 0 Å². The Hall–Kier alpha value is -4.54. The zero-order valence-corrected chi connectivity index (χ0v) is 21.8. The van der Waals surface area contributed by atoms with E-state index in [4.69, 9.17) is 14.2 Å². The number of H-pyrrole nitrogens is 1. The fourth-order valence-electron chi connectivity index (χ4n) is 4.36. The number of benzene rings is 1. The first-order valence-electron chi connectivity index (χ1n) is 12.1. The van der Waals surface area contributed by atoms with E-state index < -0.39 is 11.9 Å². The van der Waals surface area contributed by atoms with Crippen LogP contribution >= 0.6 is 0 Å². The highest BCUT2D eigenvalue weighted by Crippen LogP contribution is 2.37. The SMILES string of the molecule is COC(=O)C[C@H](c1ccc(OCc2nccn2C)c(OC)c1)c1c(O)cc(C)n(CCc2cnc[nH]2)c1=O. The minimum atomic E-state index is -0.786. The van der Waals surface area contributed by atoms with Gasteiger partial charge in [0.2, 0.25) is 0 Å². The molecule has 0 aliphatic heterocycles. The van der Waals surface area contributed by atoms with Crippen molar-refractivity contribution in [3.63, 3.8) is 0 Å². The van der Waals surface area contributed by atoms with Crippen molar-refractivity contribution in [2.45, 2.75) is 38.8 Å². The molecule has 4 rings (SSSR count). The number of aromatic nitrogens is 5. The second-order valence-corrected chi connectivity index (χ2v) is 8.85. The third-order valence-corrected chi connectivity index (χ3v) is 6.50. The Morgan fingerprint density at radius 3 is 2.68 bits per heavy atom. The molecule has 0 saturated carbocycles. The zero-order valence-electron chi connectivity index (χ0n) is 21.8. The molecule has 4 aromatic rings. The molecule has 0 saturated heterocycles. The quantitative estimate of drug-likeness (QED) is 0.288. The van der Waals surface area contributed by atoms with E-state index in [0.29, 0.717) is 35.7 Å². The minimum Gasteiger partial charge on any atom is -0.507 e. The highest BCUT2D eigenvalue weighted by Gasteiger charge is 2.27. The fourth-order valence-corrected chi connectivity index (χ4v) is 4.36. The summed E-state index contributed by atoms with van der Waals surface area (Å²) in [7, 11) is 4.67. The van der Waals surface area contributed by atoms with E-state index in [9.17, 15) is 14.7 Å². The molecule has 1 atom stereocenters. The summed E-state index contributed by atoms with van der Waals surface area (Å²) >= 11 is 0. The maximum absolute atomic E-state index is 13.7. The van der Waals surface area contributed by atoms with Crippen molar-refractivity contribution in [3.05, 3.63) is 87.9 Å². The Bertz CT molecular complexity index is 1460. The maximum atomic E-state index is 13.7. The van der Waals surface area contributed by atoms with Crippen molar-refractivity contribution in [1.82, 2.24) is 24.1 Å². The van der Waals surface area contributed by atoms with Gasteiger partial charge in [0, 0.05) is 55.9 Å². The van der Waals surface area contributed by atoms with E-state index in [1.807, 2.05) is 17.8 Å². The van der Waals surface area contributed by atoms with Crippen LogP contribution < -0.4 is 15.0 Å². The van der Waals surface area contributed by atoms with E-state index in [1.165, 1.54) is 20.3 Å². The van der Waals surface area contributed by atoms with Gasteiger partial charge >= 0.3 is 5.97 Å². The van der Waals surface area contributed by atoms with Crippen molar-refractivity contribution in [2.75, 3.05) is 14.2 Å². The lowest BCUT2D eigenvalue weighted by atomic mass is 9.88. The highest BCUT2D eigenvalue weighted by molar-refractivity contribution is 5.71. The first-order valence-corrected chi connectivity index (χ1v) is 12.1. The second-order valence-electron chi connectivity index (χ2n) is 8.85. The maximum Gasteiger partial charge on any atom is 0.306 e. The van der Waals surface area contributed by atoms with Crippen LogP contribution in [0.3, 0.4) is 0 Å². The fraction of sp³-hybridized carbons (Fsp3) is 0.333. The number of aromatic amines is 1. The lowest BCUT2D eigenvalue weighted by molar-refractivity contribution is -0.140. The van der Waals surface area contributed by atoms with Crippen LogP contribution in [-0.2, 0) is 36.2 Å². The number of ether oxygens (including phenoxy) is 3. The van der Waals surface area contributed by atoms with Gasteiger partial charge in [-0.15, -0.1) is 0 Å². The van der Waals surface area contributed by atoms with Crippen LogP contribution in [0.25, 0.3) is 0 Å². The molecule has 3 aromatic heterocycles. The van der Waals surface area contributed by atoms with Gasteiger partial charge in [-0.05, 0) is 30.7 Å². The average Bonchev–Trinajstić information content (AvgIpc) is 3.58. The van der Waals surface area contributed by atoms with Crippen LogP contribution in [0, 0.1) is 6.92 Å². The number of imidazole rings is 2. The number of nitrogens with one attached hydrogen (secondary N) is 1. The van der Waals surface area contributed by atoms with E-state index in [2.05, 4.69) is 15.0 Å². The number of nitrogens with zero attached hydrogens (tertiary/aromatic N) is 4. The summed E-state index contributed by atoms with van der Waals surface area (Å²) < 4.78 is 19.8. The van der Waals surface area contributed by atoms with Crippen molar-refractivity contribution in [2.24, 2.45) is 7.05 Å². The number of carbonyl (C=O) groups is 1. The summed E-state index contributed by atoms with van der Waals surface area (Å²) in [6.45, 7) is 2.35. The van der Waals surface area contributed by atoms with Gasteiger partial charge in [-0.25, -0.2) is 9.97 Å². The zero-order chi connectivity index (χ0) is 27.2. The molecule has 0 fully saturated rings. The molecule has 0 radical (unpaired) electrons. The molecule has 0 aliphatic rings. The van der Waals surface area contributed by atoms with E-state index >= 15 is 0 Å². The molecule has 0 aliphatic carbocycles. The predicted octanol–water partition coefficient (Wildman–Crippen LogP) is 2.84. The number of methoxy groups -OCH3 is 2. The smallest absolute Gasteiger partial charge is 0.306 e. The van der Waals surface area contributed by atoms with Gasteiger partial charge in [-0.1, -0.05) is 6.07 Å². The number of rotatable bonds is 11. The molecule has 0 bridgehead atoms. The number of esters is 1. The Balaban J connectivity index is 1.71. The van der Waals surface area contributed by atoms with E-state index in [-0.39, 0.29) is 29.9 Å². The van der Waals surface area contributed by atoms with Crippen LogP contribution in [0.4, 0.5) is 0 Å². The average molecular weight is 522 g/mol. The third-order valence-electron chi connectivity index (χ3n) is 6.50. The van der Waals surface area contributed by atoms with Crippen LogP contribution in [-0.4, -0.2) is 49.4 Å². The first-order chi connectivity index (χ1) is 18.3. The molecule has 1 aromatic carbocycles. The summed E-state index contributed by atoms with van der Waals surface area (Å²) in [6, 6.07) is 6.70.